The summed E-state index contributed by atoms with van der Waals surface area (Å²) in [5, 5.41) is 22.2. The molecule has 29 heavy (non-hydrogen) atoms. The largest absolute Gasteiger partial charge is 0.508 e. The second-order valence-electron chi connectivity index (χ2n) is 9.51. The summed E-state index contributed by atoms with van der Waals surface area (Å²) in [5.41, 5.74) is 1.26. The van der Waals surface area contributed by atoms with Crippen LogP contribution in [0, 0.1) is 5.92 Å². The van der Waals surface area contributed by atoms with Crippen molar-refractivity contribution in [2.45, 2.75) is 88.3 Å². The summed E-state index contributed by atoms with van der Waals surface area (Å²) in [6.45, 7) is 0.484. The third kappa shape index (κ3) is 5.13. The lowest BCUT2D eigenvalue weighted by atomic mass is 9.83. The van der Waals surface area contributed by atoms with Gasteiger partial charge in [0.2, 0.25) is 5.91 Å². The van der Waals surface area contributed by atoms with E-state index in [0.717, 1.165) is 25.8 Å². The Morgan fingerprint density at radius 2 is 1.83 bits per heavy atom. The molecule has 1 aromatic rings. The van der Waals surface area contributed by atoms with Gasteiger partial charge in [-0.2, -0.15) is 0 Å². The first-order chi connectivity index (χ1) is 14.1. The standard InChI is InChI=1S/C24H36N2O3/c27-16-24(29)25-20(11-17-5-2-1-3-6-17)15-26-21-9-10-22(26)13-19(12-21)18-7-4-8-23(28)14-18/h4,7-8,14,17,19-22,27-28H,1-3,5-6,9-13,15-16H2,(H,25,29). The van der Waals surface area contributed by atoms with E-state index in [4.69, 9.17) is 0 Å². The van der Waals surface area contributed by atoms with E-state index in [2.05, 4.69) is 16.3 Å². The van der Waals surface area contributed by atoms with Crippen molar-refractivity contribution in [3.05, 3.63) is 29.8 Å². The lowest BCUT2D eigenvalue weighted by molar-refractivity contribution is -0.124. The first-order valence-corrected chi connectivity index (χ1v) is 11.6. The highest BCUT2D eigenvalue weighted by atomic mass is 16.3. The van der Waals surface area contributed by atoms with Gasteiger partial charge in [0.15, 0.2) is 0 Å². The molecule has 1 saturated carbocycles. The fraction of sp³-hybridized carbons (Fsp3) is 0.708. The zero-order chi connectivity index (χ0) is 20.2. The van der Waals surface area contributed by atoms with Gasteiger partial charge in [-0.1, -0.05) is 44.2 Å². The number of hydrogen-bond donors (Lipinski definition) is 3. The Kier molecular flexibility index (Phi) is 6.76. The minimum absolute atomic E-state index is 0.137. The van der Waals surface area contributed by atoms with E-state index in [1.54, 1.807) is 6.07 Å². The summed E-state index contributed by atoms with van der Waals surface area (Å²) in [4.78, 5) is 14.6. The summed E-state index contributed by atoms with van der Waals surface area (Å²) < 4.78 is 0. The molecule has 4 rings (SSSR count). The fourth-order valence-corrected chi connectivity index (χ4v) is 6.16. The molecular formula is C24H36N2O3. The normalized spacial score (nSPS) is 28.9. The van der Waals surface area contributed by atoms with Crippen molar-refractivity contribution in [1.82, 2.24) is 10.2 Å². The number of aromatic hydroxyl groups is 1. The van der Waals surface area contributed by atoms with Crippen LogP contribution < -0.4 is 5.32 Å². The van der Waals surface area contributed by atoms with Crippen LogP contribution in [0.4, 0.5) is 0 Å². The van der Waals surface area contributed by atoms with Crippen molar-refractivity contribution in [2.24, 2.45) is 5.92 Å². The van der Waals surface area contributed by atoms with Crippen LogP contribution in [-0.4, -0.2) is 52.3 Å². The van der Waals surface area contributed by atoms with Crippen LogP contribution in [0.1, 0.15) is 75.7 Å². The Morgan fingerprint density at radius 1 is 1.10 bits per heavy atom. The third-order valence-electron chi connectivity index (χ3n) is 7.51. The molecule has 2 heterocycles. The van der Waals surface area contributed by atoms with Crippen LogP contribution in [0.25, 0.3) is 0 Å². The van der Waals surface area contributed by atoms with Crippen molar-refractivity contribution in [2.75, 3.05) is 13.2 Å². The van der Waals surface area contributed by atoms with Gasteiger partial charge < -0.3 is 15.5 Å². The SMILES string of the molecule is O=C(CO)NC(CC1CCCCC1)CN1C2CCC1CC(c1cccc(O)c1)C2. The second kappa shape index (κ2) is 9.48. The number of fused-ring (bicyclic) bond motifs is 2. The number of rotatable bonds is 7. The van der Waals surface area contributed by atoms with Gasteiger partial charge in [-0.05, 0) is 61.6 Å². The smallest absolute Gasteiger partial charge is 0.245 e. The molecule has 0 aromatic heterocycles. The van der Waals surface area contributed by atoms with Crippen molar-refractivity contribution < 1.29 is 15.0 Å². The predicted octanol–water partition coefficient (Wildman–Crippen LogP) is 3.55. The van der Waals surface area contributed by atoms with E-state index in [1.807, 2.05) is 12.1 Å². The number of carbonyl (C=O) groups is 1. The average Bonchev–Trinajstić information content (AvgIpc) is 2.95. The summed E-state index contributed by atoms with van der Waals surface area (Å²) in [7, 11) is 0. The van der Waals surface area contributed by atoms with Crippen molar-refractivity contribution in [1.29, 1.82) is 0 Å². The summed E-state index contributed by atoms with van der Waals surface area (Å²) in [6.07, 6.45) is 12.3. The van der Waals surface area contributed by atoms with Crippen LogP contribution in [0.3, 0.4) is 0 Å². The summed E-state index contributed by atoms with van der Waals surface area (Å²) in [5.74, 6) is 1.33. The van der Waals surface area contributed by atoms with Gasteiger partial charge in [-0.15, -0.1) is 0 Å². The molecule has 3 atom stereocenters. The fourth-order valence-electron chi connectivity index (χ4n) is 6.16. The van der Waals surface area contributed by atoms with Crippen LogP contribution in [0.15, 0.2) is 24.3 Å². The molecule has 2 aliphatic heterocycles. The van der Waals surface area contributed by atoms with Gasteiger partial charge in [-0.3, -0.25) is 9.69 Å². The number of amides is 1. The van der Waals surface area contributed by atoms with Crippen molar-refractivity contribution in [3.8, 4) is 5.75 Å². The highest BCUT2D eigenvalue weighted by Gasteiger charge is 2.42. The predicted molar refractivity (Wildman–Crippen MR) is 114 cm³/mol. The average molecular weight is 401 g/mol. The maximum absolute atomic E-state index is 11.9. The second-order valence-corrected chi connectivity index (χ2v) is 9.51. The Bertz CT molecular complexity index is 674. The number of nitrogens with zero attached hydrogens (tertiary/aromatic N) is 1. The van der Waals surface area contributed by atoms with Gasteiger partial charge in [0.1, 0.15) is 12.4 Å². The van der Waals surface area contributed by atoms with E-state index < -0.39 is 6.61 Å². The molecule has 3 fully saturated rings. The number of phenolic OH excluding ortho intramolecular Hbond substituents is 1. The highest BCUT2D eigenvalue weighted by Crippen LogP contribution is 2.43. The Hall–Kier alpha value is -1.59. The highest BCUT2D eigenvalue weighted by molar-refractivity contribution is 5.77. The molecule has 5 heteroatoms. The topological polar surface area (TPSA) is 72.8 Å². The molecule has 1 aliphatic carbocycles. The molecular weight excluding hydrogens is 364 g/mol. The molecule has 1 amide bonds. The Morgan fingerprint density at radius 3 is 2.48 bits per heavy atom. The molecule has 160 valence electrons. The van der Waals surface area contributed by atoms with Gasteiger partial charge in [-0.25, -0.2) is 0 Å². The minimum atomic E-state index is -0.423. The molecule has 0 radical (unpaired) electrons. The Labute approximate surface area is 174 Å². The number of piperidine rings is 1. The lowest BCUT2D eigenvalue weighted by Crippen LogP contribution is -2.51. The minimum Gasteiger partial charge on any atom is -0.508 e. The van der Waals surface area contributed by atoms with Crippen molar-refractivity contribution in [3.63, 3.8) is 0 Å². The number of hydrogen-bond acceptors (Lipinski definition) is 4. The molecule has 1 aromatic carbocycles. The van der Waals surface area contributed by atoms with Crippen LogP contribution in [-0.2, 0) is 4.79 Å². The number of benzene rings is 1. The molecule has 3 unspecified atom stereocenters. The van der Waals surface area contributed by atoms with Crippen LogP contribution in [0.2, 0.25) is 0 Å². The van der Waals surface area contributed by atoms with Crippen molar-refractivity contribution >= 4 is 5.91 Å². The van der Waals surface area contributed by atoms with Gasteiger partial charge in [0.25, 0.3) is 0 Å². The van der Waals surface area contributed by atoms with E-state index >= 15 is 0 Å². The molecule has 5 nitrogen and oxygen atoms in total. The molecule has 2 saturated heterocycles. The third-order valence-corrected chi connectivity index (χ3v) is 7.51. The number of aliphatic hydroxyl groups is 1. The molecule has 3 aliphatic rings. The monoisotopic (exact) mass is 400 g/mol. The molecule has 0 spiro atoms. The first-order valence-electron chi connectivity index (χ1n) is 11.6. The number of carbonyl (C=O) groups excluding carboxylic acids is 1. The first kappa shape index (κ1) is 20.7. The summed E-state index contributed by atoms with van der Waals surface area (Å²) >= 11 is 0. The molecule has 2 bridgehead atoms. The van der Waals surface area contributed by atoms with Crippen LogP contribution >= 0.6 is 0 Å². The van der Waals surface area contributed by atoms with E-state index in [9.17, 15) is 15.0 Å². The van der Waals surface area contributed by atoms with Gasteiger partial charge in [0.05, 0.1) is 0 Å². The number of phenols is 1. The zero-order valence-corrected chi connectivity index (χ0v) is 17.4. The van der Waals surface area contributed by atoms with E-state index in [1.165, 1.54) is 50.5 Å². The van der Waals surface area contributed by atoms with E-state index in [-0.39, 0.29) is 11.9 Å². The maximum Gasteiger partial charge on any atom is 0.245 e. The molecule has 3 N–H and O–H groups in total. The van der Waals surface area contributed by atoms with E-state index in [0.29, 0.717) is 29.7 Å². The summed E-state index contributed by atoms with van der Waals surface area (Å²) in [6, 6.07) is 9.01. The van der Waals surface area contributed by atoms with Crippen LogP contribution in [0.5, 0.6) is 5.75 Å². The number of nitrogens with one attached hydrogen (secondary N) is 1. The maximum atomic E-state index is 11.9. The number of aliphatic hydroxyl groups excluding tert-OH is 1. The quantitative estimate of drug-likeness (QED) is 0.654. The van der Waals surface area contributed by atoms with Gasteiger partial charge >= 0.3 is 0 Å². The lowest BCUT2D eigenvalue weighted by Gasteiger charge is -2.41. The Balaban J connectivity index is 1.40. The zero-order valence-electron chi connectivity index (χ0n) is 17.4. The van der Waals surface area contributed by atoms with Gasteiger partial charge in [0, 0.05) is 24.7 Å².